The van der Waals surface area contributed by atoms with E-state index in [4.69, 9.17) is 0 Å². The highest BCUT2D eigenvalue weighted by molar-refractivity contribution is 5.90. The lowest BCUT2D eigenvalue weighted by Crippen LogP contribution is -2.31. The lowest BCUT2D eigenvalue weighted by molar-refractivity contribution is 0.248. The van der Waals surface area contributed by atoms with Crippen LogP contribution in [-0.4, -0.2) is 16.2 Å². The van der Waals surface area contributed by atoms with Gasteiger partial charge in [0.15, 0.2) is 0 Å². The van der Waals surface area contributed by atoms with Gasteiger partial charge in [0, 0.05) is 22.7 Å². The third kappa shape index (κ3) is 1.33. The van der Waals surface area contributed by atoms with Crippen LogP contribution >= 0.6 is 0 Å². The van der Waals surface area contributed by atoms with Crippen LogP contribution in [0.1, 0.15) is 30.4 Å². The number of nitrogens with one attached hydrogen (secondary N) is 1. The van der Waals surface area contributed by atoms with E-state index in [2.05, 4.69) is 9.98 Å². The van der Waals surface area contributed by atoms with Crippen molar-refractivity contribution in [1.82, 2.24) is 4.98 Å². The van der Waals surface area contributed by atoms with E-state index in [1.54, 1.807) is 6.08 Å². The molecule has 0 amide bonds. The molecule has 1 fully saturated rings. The van der Waals surface area contributed by atoms with Crippen molar-refractivity contribution in [2.45, 2.75) is 31.7 Å². The molecular weight excluding hydrogens is 228 g/mol. The number of rotatable bonds is 2. The van der Waals surface area contributed by atoms with Crippen molar-refractivity contribution in [3.05, 3.63) is 29.5 Å². The summed E-state index contributed by atoms with van der Waals surface area (Å²) < 4.78 is 0. The van der Waals surface area contributed by atoms with Gasteiger partial charge in [-0.25, -0.2) is 4.79 Å². The summed E-state index contributed by atoms with van der Waals surface area (Å²) >= 11 is 0. The normalized spacial score (nSPS) is 17.2. The van der Waals surface area contributed by atoms with Crippen molar-refractivity contribution in [2.75, 3.05) is 0 Å². The number of carbonyl (C=O) groups excluding carboxylic acids is 1. The number of H-pyrrole nitrogens is 1. The number of benzene rings is 1. The molecule has 0 aliphatic heterocycles. The number of aliphatic imine (C=N–C) groups is 1. The van der Waals surface area contributed by atoms with Gasteiger partial charge in [-0.2, -0.15) is 4.99 Å². The third-order valence-electron chi connectivity index (χ3n) is 3.96. The standard InChI is InChI=1S/C14H14N2O2/c1-9-7-15-11-4-3-10(13(18)12(9)11)14(16-8-17)5-2-6-14/h3-4,7,15,18H,2,5-6H2,1H3. The molecular formula is C14H14N2O2. The van der Waals surface area contributed by atoms with E-state index >= 15 is 0 Å². The fraction of sp³-hybridized carbons (Fsp3) is 0.357. The maximum Gasteiger partial charge on any atom is 0.235 e. The van der Waals surface area contributed by atoms with Gasteiger partial charge in [0.1, 0.15) is 11.3 Å². The van der Waals surface area contributed by atoms with Crippen LogP contribution in [-0.2, 0) is 10.3 Å². The first kappa shape index (κ1) is 11.1. The van der Waals surface area contributed by atoms with Crippen molar-refractivity contribution < 1.29 is 9.90 Å². The highest BCUT2D eigenvalue weighted by Gasteiger charge is 2.41. The number of aromatic nitrogens is 1. The Morgan fingerprint density at radius 2 is 2.22 bits per heavy atom. The van der Waals surface area contributed by atoms with E-state index < -0.39 is 5.54 Å². The number of isocyanates is 1. The van der Waals surface area contributed by atoms with Crippen LogP contribution in [0.25, 0.3) is 10.9 Å². The van der Waals surface area contributed by atoms with E-state index in [9.17, 15) is 9.90 Å². The second-order valence-electron chi connectivity index (χ2n) is 4.94. The van der Waals surface area contributed by atoms with Gasteiger partial charge >= 0.3 is 0 Å². The third-order valence-corrected chi connectivity index (χ3v) is 3.96. The first-order chi connectivity index (χ1) is 8.68. The largest absolute Gasteiger partial charge is 0.507 e. The van der Waals surface area contributed by atoms with E-state index in [0.29, 0.717) is 0 Å². The van der Waals surface area contributed by atoms with E-state index in [-0.39, 0.29) is 5.75 Å². The number of hydrogen-bond donors (Lipinski definition) is 2. The molecule has 92 valence electrons. The number of hydrogen-bond acceptors (Lipinski definition) is 3. The maximum absolute atomic E-state index is 10.6. The van der Waals surface area contributed by atoms with Gasteiger partial charge in [0.05, 0.1) is 0 Å². The summed E-state index contributed by atoms with van der Waals surface area (Å²) in [4.78, 5) is 17.6. The number of aromatic hydroxyl groups is 1. The molecule has 1 saturated carbocycles. The summed E-state index contributed by atoms with van der Waals surface area (Å²) in [5.74, 6) is 0.241. The molecule has 1 heterocycles. The zero-order chi connectivity index (χ0) is 12.8. The number of nitrogens with zero attached hydrogens (tertiary/aromatic N) is 1. The lowest BCUT2D eigenvalue weighted by atomic mass is 9.71. The predicted octanol–water partition coefficient (Wildman–Crippen LogP) is 2.90. The maximum atomic E-state index is 10.6. The van der Waals surface area contributed by atoms with Crippen molar-refractivity contribution >= 4 is 17.0 Å². The van der Waals surface area contributed by atoms with Crippen molar-refractivity contribution in [3.63, 3.8) is 0 Å². The molecule has 4 nitrogen and oxygen atoms in total. The summed E-state index contributed by atoms with van der Waals surface area (Å²) in [7, 11) is 0. The molecule has 0 saturated heterocycles. The number of aromatic amines is 1. The molecule has 2 N–H and O–H groups in total. The predicted molar refractivity (Wildman–Crippen MR) is 68.4 cm³/mol. The van der Waals surface area contributed by atoms with Crippen molar-refractivity contribution in [2.24, 2.45) is 4.99 Å². The van der Waals surface area contributed by atoms with Gasteiger partial charge in [-0.1, -0.05) is 6.07 Å². The number of fused-ring (bicyclic) bond motifs is 1. The highest BCUT2D eigenvalue weighted by Crippen LogP contribution is 2.49. The average molecular weight is 242 g/mol. The van der Waals surface area contributed by atoms with Crippen LogP contribution in [0.5, 0.6) is 5.75 Å². The van der Waals surface area contributed by atoms with Gasteiger partial charge in [-0.15, -0.1) is 0 Å². The minimum Gasteiger partial charge on any atom is -0.507 e. The number of phenols is 1. The van der Waals surface area contributed by atoms with Crippen LogP contribution < -0.4 is 0 Å². The molecule has 1 aromatic heterocycles. The second kappa shape index (κ2) is 3.72. The molecule has 0 unspecified atom stereocenters. The Kier molecular flexibility index (Phi) is 2.28. The van der Waals surface area contributed by atoms with Gasteiger partial charge in [-0.05, 0) is 37.8 Å². The molecule has 0 spiro atoms. The molecule has 0 bridgehead atoms. The lowest BCUT2D eigenvalue weighted by Gasteiger charge is -2.37. The van der Waals surface area contributed by atoms with Crippen LogP contribution in [0, 0.1) is 6.92 Å². The van der Waals surface area contributed by atoms with Crippen LogP contribution in [0.4, 0.5) is 0 Å². The van der Waals surface area contributed by atoms with Crippen molar-refractivity contribution in [1.29, 1.82) is 0 Å². The molecule has 0 radical (unpaired) electrons. The Balaban J connectivity index is 2.26. The Morgan fingerprint density at radius 1 is 1.44 bits per heavy atom. The van der Waals surface area contributed by atoms with Crippen molar-refractivity contribution in [3.8, 4) is 5.75 Å². The van der Waals surface area contributed by atoms with Gasteiger partial charge in [0.25, 0.3) is 0 Å². The zero-order valence-electron chi connectivity index (χ0n) is 10.2. The topological polar surface area (TPSA) is 65.5 Å². The Morgan fingerprint density at radius 3 is 2.83 bits per heavy atom. The number of phenolic OH excluding ortho intramolecular Hbond substituents is 1. The monoisotopic (exact) mass is 242 g/mol. The highest BCUT2D eigenvalue weighted by atomic mass is 16.3. The summed E-state index contributed by atoms with van der Waals surface area (Å²) in [6.45, 7) is 1.94. The Bertz CT molecular complexity index is 662. The average Bonchev–Trinajstić information content (AvgIpc) is 2.68. The summed E-state index contributed by atoms with van der Waals surface area (Å²) in [6.07, 6.45) is 6.13. The minimum atomic E-state index is -0.552. The number of aryl methyl sites for hydroxylation is 1. The fourth-order valence-corrected chi connectivity index (χ4v) is 2.78. The molecule has 18 heavy (non-hydrogen) atoms. The fourth-order valence-electron chi connectivity index (χ4n) is 2.78. The molecule has 4 heteroatoms. The summed E-state index contributed by atoms with van der Waals surface area (Å²) in [5, 5.41) is 11.3. The van der Waals surface area contributed by atoms with Gasteiger partial charge in [0.2, 0.25) is 6.08 Å². The Hall–Kier alpha value is -2.06. The first-order valence-corrected chi connectivity index (χ1v) is 6.07. The van der Waals surface area contributed by atoms with E-state index in [1.165, 1.54) is 0 Å². The Labute approximate surface area is 104 Å². The zero-order valence-corrected chi connectivity index (χ0v) is 10.2. The SMILES string of the molecule is Cc1c[nH]c2ccc(C3(N=C=O)CCC3)c(O)c12. The molecule has 1 aromatic carbocycles. The van der Waals surface area contributed by atoms with E-state index in [1.807, 2.05) is 25.3 Å². The smallest absolute Gasteiger partial charge is 0.235 e. The first-order valence-electron chi connectivity index (χ1n) is 6.07. The molecule has 2 aromatic rings. The van der Waals surface area contributed by atoms with Gasteiger partial charge < -0.3 is 10.1 Å². The molecule has 3 rings (SSSR count). The molecule has 0 atom stereocenters. The second-order valence-corrected chi connectivity index (χ2v) is 4.94. The summed E-state index contributed by atoms with van der Waals surface area (Å²) in [5.41, 5.74) is 2.09. The minimum absolute atomic E-state index is 0.241. The summed E-state index contributed by atoms with van der Waals surface area (Å²) in [6, 6.07) is 3.78. The molecule has 1 aliphatic carbocycles. The quantitative estimate of drug-likeness (QED) is 0.628. The van der Waals surface area contributed by atoms with Crippen LogP contribution in [0.2, 0.25) is 0 Å². The van der Waals surface area contributed by atoms with Crippen LogP contribution in [0.3, 0.4) is 0 Å². The van der Waals surface area contributed by atoms with E-state index in [0.717, 1.165) is 41.3 Å². The van der Waals surface area contributed by atoms with Gasteiger partial charge in [-0.3, -0.25) is 0 Å². The molecule has 1 aliphatic rings. The van der Waals surface area contributed by atoms with Crippen LogP contribution in [0.15, 0.2) is 23.3 Å².